The van der Waals surface area contributed by atoms with Gasteiger partial charge in [-0.1, -0.05) is 40.1 Å². The second-order valence-electron chi connectivity index (χ2n) is 6.14. The van der Waals surface area contributed by atoms with Crippen LogP contribution in [0.3, 0.4) is 0 Å². The number of halogens is 2. The average Bonchev–Trinajstić information content (AvgIpc) is 3.13. The summed E-state index contributed by atoms with van der Waals surface area (Å²) in [7, 11) is 0. The fourth-order valence-electron chi connectivity index (χ4n) is 2.03. The van der Waals surface area contributed by atoms with Crippen LogP contribution < -0.4 is 0 Å². The third kappa shape index (κ3) is 3.74. The number of hydrogen-bond acceptors (Lipinski definition) is 6. The maximum absolute atomic E-state index is 6.20. The second kappa shape index (κ2) is 6.74. The van der Waals surface area contributed by atoms with Gasteiger partial charge in [-0.3, -0.25) is 0 Å². The average molecular weight is 384 g/mol. The van der Waals surface area contributed by atoms with E-state index < -0.39 is 0 Å². The Bertz CT molecular complexity index is 856. The molecule has 0 spiro atoms. The molecule has 0 saturated heterocycles. The van der Waals surface area contributed by atoms with E-state index in [2.05, 4.69) is 20.7 Å². The Morgan fingerprint density at radius 3 is 2.71 bits per heavy atom. The van der Waals surface area contributed by atoms with Gasteiger partial charge in [0.1, 0.15) is 11.5 Å². The lowest BCUT2D eigenvalue weighted by atomic mass is 10.1. The van der Waals surface area contributed by atoms with Crippen molar-refractivity contribution < 1.29 is 4.52 Å². The maximum Gasteiger partial charge on any atom is 0.210 e. The normalized spacial score (nSPS) is 11.9. The molecular formula is C15H15Cl2N5OS. The van der Waals surface area contributed by atoms with Crippen LogP contribution in [0, 0.1) is 0 Å². The standard InChI is InChI=1S/C15H15Cl2N5OS/c1-15(2,3)22-14(18-20-21-22)24-8-10-7-13(19-23-10)11-5-4-9(16)6-12(11)17/h4-7H,8H2,1-3H3. The van der Waals surface area contributed by atoms with Crippen molar-refractivity contribution in [1.82, 2.24) is 25.4 Å². The zero-order valence-corrected chi connectivity index (χ0v) is 15.7. The van der Waals surface area contributed by atoms with E-state index in [0.29, 0.717) is 27.3 Å². The van der Waals surface area contributed by atoms with Crippen molar-refractivity contribution in [3.8, 4) is 11.3 Å². The molecule has 0 aliphatic rings. The third-order valence-corrected chi connectivity index (χ3v) is 4.68. The van der Waals surface area contributed by atoms with Gasteiger partial charge in [0.2, 0.25) is 5.16 Å². The number of rotatable bonds is 4. The molecule has 2 aromatic heterocycles. The minimum atomic E-state index is -0.185. The minimum Gasteiger partial charge on any atom is -0.360 e. The first-order valence-corrected chi connectivity index (χ1v) is 8.91. The predicted molar refractivity (Wildman–Crippen MR) is 94.3 cm³/mol. The van der Waals surface area contributed by atoms with Crippen molar-refractivity contribution >= 4 is 35.0 Å². The Balaban J connectivity index is 1.74. The summed E-state index contributed by atoms with van der Waals surface area (Å²) in [4.78, 5) is 0. The number of aromatic nitrogens is 5. The molecule has 0 aliphatic carbocycles. The number of hydrogen-bond donors (Lipinski definition) is 0. The van der Waals surface area contributed by atoms with Crippen molar-refractivity contribution in [2.24, 2.45) is 0 Å². The zero-order valence-electron chi connectivity index (χ0n) is 13.3. The smallest absolute Gasteiger partial charge is 0.210 e. The van der Waals surface area contributed by atoms with Crippen LogP contribution >= 0.6 is 35.0 Å². The van der Waals surface area contributed by atoms with Gasteiger partial charge >= 0.3 is 0 Å². The first-order chi connectivity index (χ1) is 11.3. The number of nitrogens with zero attached hydrogens (tertiary/aromatic N) is 5. The fraction of sp³-hybridized carbons (Fsp3) is 0.333. The molecule has 0 saturated carbocycles. The highest BCUT2D eigenvalue weighted by molar-refractivity contribution is 7.98. The Morgan fingerprint density at radius 1 is 1.21 bits per heavy atom. The van der Waals surface area contributed by atoms with Gasteiger partial charge < -0.3 is 4.52 Å². The van der Waals surface area contributed by atoms with Crippen LogP contribution in [0.15, 0.2) is 33.9 Å². The fourth-order valence-corrected chi connectivity index (χ4v) is 3.47. The van der Waals surface area contributed by atoms with Gasteiger partial charge in [0, 0.05) is 16.7 Å². The topological polar surface area (TPSA) is 69.6 Å². The van der Waals surface area contributed by atoms with Gasteiger partial charge in [0.15, 0.2) is 0 Å². The molecule has 0 unspecified atom stereocenters. The van der Waals surface area contributed by atoms with E-state index in [1.54, 1.807) is 16.8 Å². The number of tetrazole rings is 1. The monoisotopic (exact) mass is 383 g/mol. The van der Waals surface area contributed by atoms with Gasteiger partial charge in [-0.15, -0.1) is 5.10 Å². The molecule has 0 atom stereocenters. The third-order valence-electron chi connectivity index (χ3n) is 3.19. The summed E-state index contributed by atoms with van der Waals surface area (Å²) >= 11 is 13.6. The minimum absolute atomic E-state index is 0.185. The summed E-state index contributed by atoms with van der Waals surface area (Å²) in [5.41, 5.74) is 1.26. The molecule has 3 aromatic rings. The molecule has 2 heterocycles. The van der Waals surface area contributed by atoms with E-state index in [-0.39, 0.29) is 5.54 Å². The van der Waals surface area contributed by atoms with Crippen molar-refractivity contribution in [3.05, 3.63) is 40.1 Å². The lowest BCUT2D eigenvalue weighted by Crippen LogP contribution is -2.24. The van der Waals surface area contributed by atoms with E-state index in [4.69, 9.17) is 27.7 Å². The molecule has 6 nitrogen and oxygen atoms in total. The van der Waals surface area contributed by atoms with Gasteiger partial charge in [0.25, 0.3) is 0 Å². The summed E-state index contributed by atoms with van der Waals surface area (Å²) in [6, 6.07) is 7.12. The molecule has 0 radical (unpaired) electrons. The molecular weight excluding hydrogens is 369 g/mol. The summed E-state index contributed by atoms with van der Waals surface area (Å²) in [5.74, 6) is 1.28. The maximum atomic E-state index is 6.20. The van der Waals surface area contributed by atoms with Crippen LogP contribution in [-0.4, -0.2) is 25.4 Å². The lowest BCUT2D eigenvalue weighted by molar-refractivity contribution is 0.321. The summed E-state index contributed by atoms with van der Waals surface area (Å²) < 4.78 is 7.17. The van der Waals surface area contributed by atoms with Crippen LogP contribution in [-0.2, 0) is 11.3 Å². The zero-order chi connectivity index (χ0) is 17.3. The van der Waals surface area contributed by atoms with Gasteiger partial charge in [-0.25, -0.2) is 4.68 Å². The van der Waals surface area contributed by atoms with Crippen LogP contribution in [0.1, 0.15) is 26.5 Å². The molecule has 0 aliphatic heterocycles. The van der Waals surface area contributed by atoms with Crippen LogP contribution in [0.4, 0.5) is 0 Å². The summed E-state index contributed by atoms with van der Waals surface area (Å²) in [6.45, 7) is 6.13. The van der Waals surface area contributed by atoms with E-state index in [1.165, 1.54) is 11.8 Å². The quantitative estimate of drug-likeness (QED) is 0.609. The largest absolute Gasteiger partial charge is 0.360 e. The molecule has 0 fully saturated rings. The Morgan fingerprint density at radius 2 is 2.00 bits per heavy atom. The summed E-state index contributed by atoms with van der Waals surface area (Å²) in [5, 5.41) is 17.7. The van der Waals surface area contributed by atoms with E-state index in [9.17, 15) is 0 Å². The lowest BCUT2D eigenvalue weighted by Gasteiger charge is -2.19. The van der Waals surface area contributed by atoms with E-state index in [1.807, 2.05) is 32.9 Å². The first kappa shape index (κ1) is 17.3. The van der Waals surface area contributed by atoms with Crippen molar-refractivity contribution in [2.45, 2.75) is 37.2 Å². The molecule has 0 bridgehead atoms. The highest BCUT2D eigenvalue weighted by Crippen LogP contribution is 2.31. The molecule has 0 N–H and O–H groups in total. The summed E-state index contributed by atoms with van der Waals surface area (Å²) in [6.07, 6.45) is 0. The molecule has 1 aromatic carbocycles. The van der Waals surface area contributed by atoms with Gasteiger partial charge in [-0.05, 0) is 49.4 Å². The second-order valence-corrected chi connectivity index (χ2v) is 7.92. The van der Waals surface area contributed by atoms with E-state index in [0.717, 1.165) is 10.7 Å². The first-order valence-electron chi connectivity index (χ1n) is 7.17. The van der Waals surface area contributed by atoms with Crippen molar-refractivity contribution in [1.29, 1.82) is 0 Å². The highest BCUT2D eigenvalue weighted by atomic mass is 35.5. The van der Waals surface area contributed by atoms with E-state index >= 15 is 0 Å². The number of benzene rings is 1. The highest BCUT2D eigenvalue weighted by Gasteiger charge is 2.20. The predicted octanol–water partition coefficient (Wildman–Crippen LogP) is 4.68. The number of thioether (sulfide) groups is 1. The van der Waals surface area contributed by atoms with Crippen LogP contribution in [0.25, 0.3) is 11.3 Å². The van der Waals surface area contributed by atoms with Crippen LogP contribution in [0.2, 0.25) is 10.0 Å². The van der Waals surface area contributed by atoms with Gasteiger partial charge in [0.05, 0.1) is 16.3 Å². The molecule has 0 amide bonds. The van der Waals surface area contributed by atoms with Gasteiger partial charge in [-0.2, -0.15) is 0 Å². The van der Waals surface area contributed by atoms with Crippen molar-refractivity contribution in [3.63, 3.8) is 0 Å². The molecule has 3 rings (SSSR count). The van der Waals surface area contributed by atoms with Crippen LogP contribution in [0.5, 0.6) is 0 Å². The SMILES string of the molecule is CC(C)(C)n1nnnc1SCc1cc(-c2ccc(Cl)cc2Cl)no1. The molecule has 126 valence electrons. The molecule has 24 heavy (non-hydrogen) atoms. The Hall–Kier alpha value is -1.57. The van der Waals surface area contributed by atoms with Crippen molar-refractivity contribution in [2.75, 3.05) is 0 Å². The Kier molecular flexibility index (Phi) is 4.85. The molecule has 9 heteroatoms. The Labute approximate surface area is 153 Å².